The number of benzene rings is 2. The normalized spacial score (nSPS) is 19.9. The first kappa shape index (κ1) is 16.9. The van der Waals surface area contributed by atoms with Crippen molar-refractivity contribution in [2.45, 2.75) is 32.4 Å². The van der Waals surface area contributed by atoms with Gasteiger partial charge in [0.2, 0.25) is 5.78 Å². The van der Waals surface area contributed by atoms with Gasteiger partial charge in [-0.2, -0.15) is 0 Å². The van der Waals surface area contributed by atoms with Gasteiger partial charge in [0.1, 0.15) is 18.2 Å². The third-order valence-electron chi connectivity index (χ3n) is 6.23. The molecule has 0 bridgehead atoms. The summed E-state index contributed by atoms with van der Waals surface area (Å²) < 4.78 is 14.3. The maximum atomic E-state index is 13.2. The summed E-state index contributed by atoms with van der Waals surface area (Å²) in [6, 6.07) is 10.8. The van der Waals surface area contributed by atoms with Crippen LogP contribution in [0.15, 0.2) is 42.3 Å². The van der Waals surface area contributed by atoms with Crippen molar-refractivity contribution in [1.29, 1.82) is 0 Å². The predicted octanol–water partition coefficient (Wildman–Crippen LogP) is 4.42. The van der Waals surface area contributed by atoms with E-state index in [1.54, 1.807) is 0 Å². The third-order valence-corrected chi connectivity index (χ3v) is 6.23. The molecule has 29 heavy (non-hydrogen) atoms. The SMILES string of the molecule is Cc1cc2c(c3c1C(=O)/C(=C/c1cn(C)c4ccccc14)O3)CN(C1CC1)CO2. The second kappa shape index (κ2) is 5.97. The zero-order valence-corrected chi connectivity index (χ0v) is 16.6. The van der Waals surface area contributed by atoms with Crippen LogP contribution in [0.4, 0.5) is 0 Å². The second-order valence-corrected chi connectivity index (χ2v) is 8.28. The molecule has 5 nitrogen and oxygen atoms in total. The maximum Gasteiger partial charge on any atom is 0.232 e. The number of allylic oxidation sites excluding steroid dienone is 1. The average molecular weight is 386 g/mol. The number of carbonyl (C=O) groups excluding carboxylic acids is 1. The fourth-order valence-corrected chi connectivity index (χ4v) is 4.55. The quantitative estimate of drug-likeness (QED) is 0.612. The van der Waals surface area contributed by atoms with Crippen LogP contribution >= 0.6 is 0 Å². The minimum Gasteiger partial charge on any atom is -0.478 e. The maximum absolute atomic E-state index is 13.2. The Morgan fingerprint density at radius 1 is 1.21 bits per heavy atom. The number of para-hydroxylation sites is 1. The van der Waals surface area contributed by atoms with Crippen molar-refractivity contribution in [3.8, 4) is 11.5 Å². The first-order valence-electron chi connectivity index (χ1n) is 10.1. The van der Waals surface area contributed by atoms with E-state index in [9.17, 15) is 4.79 Å². The van der Waals surface area contributed by atoms with E-state index in [-0.39, 0.29) is 5.78 Å². The molecule has 6 rings (SSSR count). The van der Waals surface area contributed by atoms with Gasteiger partial charge < -0.3 is 14.0 Å². The molecule has 3 aromatic rings. The van der Waals surface area contributed by atoms with E-state index in [0.717, 1.165) is 39.9 Å². The Kier molecular flexibility index (Phi) is 3.47. The Morgan fingerprint density at radius 2 is 2.03 bits per heavy atom. The number of Topliss-reactive ketones (excluding diaryl/α,β-unsaturated/α-hetero) is 1. The van der Waals surface area contributed by atoms with Crippen molar-refractivity contribution in [2.75, 3.05) is 6.73 Å². The highest BCUT2D eigenvalue weighted by molar-refractivity contribution is 6.16. The van der Waals surface area contributed by atoms with E-state index in [1.165, 1.54) is 12.8 Å². The third kappa shape index (κ3) is 2.54. The molecular formula is C24H22N2O3. The number of aryl methyl sites for hydroxylation is 2. The van der Waals surface area contributed by atoms with Crippen LogP contribution in [0, 0.1) is 6.92 Å². The van der Waals surface area contributed by atoms with Crippen LogP contribution in [0.3, 0.4) is 0 Å². The van der Waals surface area contributed by atoms with Gasteiger partial charge in [-0.15, -0.1) is 0 Å². The first-order valence-corrected chi connectivity index (χ1v) is 10.1. The lowest BCUT2D eigenvalue weighted by Gasteiger charge is -2.30. The highest BCUT2D eigenvalue weighted by atomic mass is 16.5. The smallest absolute Gasteiger partial charge is 0.232 e. The van der Waals surface area contributed by atoms with Crippen LogP contribution in [-0.4, -0.2) is 28.0 Å². The molecule has 1 fully saturated rings. The van der Waals surface area contributed by atoms with Crippen molar-refractivity contribution < 1.29 is 14.3 Å². The number of hydrogen-bond donors (Lipinski definition) is 0. The van der Waals surface area contributed by atoms with Gasteiger partial charge in [-0.25, -0.2) is 0 Å². The Morgan fingerprint density at radius 3 is 2.86 bits per heavy atom. The Balaban J connectivity index is 1.44. The number of fused-ring (bicyclic) bond motifs is 4. The molecular weight excluding hydrogens is 364 g/mol. The molecule has 0 saturated heterocycles. The van der Waals surface area contributed by atoms with Crippen LogP contribution < -0.4 is 9.47 Å². The number of rotatable bonds is 2. The largest absolute Gasteiger partial charge is 0.478 e. The molecule has 1 aromatic heterocycles. The van der Waals surface area contributed by atoms with Crippen molar-refractivity contribution in [3.05, 3.63) is 64.5 Å². The van der Waals surface area contributed by atoms with Crippen LogP contribution in [0.5, 0.6) is 11.5 Å². The Hall–Kier alpha value is -3.05. The highest BCUT2D eigenvalue weighted by Gasteiger charge is 2.38. The molecule has 0 spiro atoms. The molecule has 0 atom stereocenters. The van der Waals surface area contributed by atoms with Gasteiger partial charge in [0, 0.05) is 42.3 Å². The number of nitrogens with zero attached hydrogens (tertiary/aromatic N) is 2. The van der Waals surface area contributed by atoms with Crippen LogP contribution in [0.2, 0.25) is 0 Å². The van der Waals surface area contributed by atoms with Crippen molar-refractivity contribution >= 4 is 22.8 Å². The summed E-state index contributed by atoms with van der Waals surface area (Å²) >= 11 is 0. The average Bonchev–Trinajstić information content (AvgIpc) is 3.46. The van der Waals surface area contributed by atoms with Crippen LogP contribution in [0.1, 0.15) is 39.9 Å². The van der Waals surface area contributed by atoms with Gasteiger partial charge in [0.05, 0.1) is 11.1 Å². The summed E-state index contributed by atoms with van der Waals surface area (Å²) in [6.45, 7) is 3.35. The summed E-state index contributed by atoms with van der Waals surface area (Å²) in [5.74, 6) is 1.87. The zero-order chi connectivity index (χ0) is 19.7. The fourth-order valence-electron chi connectivity index (χ4n) is 4.55. The van der Waals surface area contributed by atoms with E-state index in [0.29, 0.717) is 29.8 Å². The minimum atomic E-state index is -0.0446. The van der Waals surface area contributed by atoms with E-state index in [1.807, 2.05) is 44.4 Å². The molecule has 0 radical (unpaired) electrons. The standard InChI is InChI=1S/C24H22N2O3/c1-14-9-20-18(12-26(13-28-20)16-7-8-16)24-22(14)23(27)21(29-24)10-15-11-25(2)19-6-4-3-5-17(15)19/h3-6,9-11,16H,7-8,12-13H2,1-2H3/b21-10-. The number of carbonyl (C=O) groups is 1. The second-order valence-electron chi connectivity index (χ2n) is 8.28. The van der Waals surface area contributed by atoms with Gasteiger partial charge >= 0.3 is 0 Å². The molecule has 3 heterocycles. The van der Waals surface area contributed by atoms with Gasteiger partial charge in [-0.1, -0.05) is 18.2 Å². The minimum absolute atomic E-state index is 0.0446. The van der Waals surface area contributed by atoms with Crippen molar-refractivity contribution in [1.82, 2.24) is 9.47 Å². The fraction of sp³-hybridized carbons (Fsp3) is 0.292. The molecule has 0 N–H and O–H groups in total. The Bertz CT molecular complexity index is 1220. The number of hydrogen-bond acceptors (Lipinski definition) is 4. The van der Waals surface area contributed by atoms with Crippen molar-refractivity contribution in [2.24, 2.45) is 7.05 Å². The van der Waals surface area contributed by atoms with E-state index in [2.05, 4.69) is 21.6 Å². The van der Waals surface area contributed by atoms with Crippen LogP contribution in [-0.2, 0) is 13.6 Å². The number of ketones is 1. The lowest BCUT2D eigenvalue weighted by atomic mass is 9.98. The molecule has 2 aliphatic heterocycles. The summed E-state index contributed by atoms with van der Waals surface area (Å²) in [6.07, 6.45) is 6.36. The van der Waals surface area contributed by atoms with Gasteiger partial charge in [-0.05, 0) is 43.5 Å². The molecule has 1 saturated carbocycles. The molecule has 1 aliphatic carbocycles. The Labute approximate surface area is 169 Å². The number of ether oxygens (including phenoxy) is 2. The van der Waals surface area contributed by atoms with Crippen LogP contribution in [0.25, 0.3) is 17.0 Å². The lowest BCUT2D eigenvalue weighted by Crippen LogP contribution is -2.34. The topological polar surface area (TPSA) is 43.7 Å². The zero-order valence-electron chi connectivity index (χ0n) is 16.6. The van der Waals surface area contributed by atoms with E-state index >= 15 is 0 Å². The molecule has 2 aromatic carbocycles. The van der Waals surface area contributed by atoms with E-state index in [4.69, 9.17) is 9.47 Å². The van der Waals surface area contributed by atoms with E-state index < -0.39 is 0 Å². The molecule has 3 aliphatic rings. The monoisotopic (exact) mass is 386 g/mol. The summed E-state index contributed by atoms with van der Waals surface area (Å²) in [5, 5.41) is 1.11. The first-order chi connectivity index (χ1) is 14.1. The number of aromatic nitrogens is 1. The van der Waals surface area contributed by atoms with Crippen molar-refractivity contribution in [3.63, 3.8) is 0 Å². The summed E-state index contributed by atoms with van der Waals surface area (Å²) in [4.78, 5) is 15.6. The molecule has 0 amide bonds. The van der Waals surface area contributed by atoms with Gasteiger partial charge in [0.25, 0.3) is 0 Å². The van der Waals surface area contributed by atoms with Gasteiger partial charge in [0.15, 0.2) is 5.76 Å². The van der Waals surface area contributed by atoms with Gasteiger partial charge in [-0.3, -0.25) is 9.69 Å². The molecule has 0 unspecified atom stereocenters. The molecule has 5 heteroatoms. The predicted molar refractivity (Wildman–Crippen MR) is 111 cm³/mol. The molecule has 146 valence electrons. The summed E-state index contributed by atoms with van der Waals surface area (Å²) in [7, 11) is 2.01. The summed E-state index contributed by atoms with van der Waals surface area (Å²) in [5.41, 5.74) is 4.70. The lowest BCUT2D eigenvalue weighted by molar-refractivity contribution is 0.0867. The highest BCUT2D eigenvalue weighted by Crippen LogP contribution is 2.45.